The van der Waals surface area contributed by atoms with Crippen molar-refractivity contribution in [3.8, 4) is 11.8 Å². The molecule has 1 aromatic heterocycles. The molecule has 1 unspecified atom stereocenters. The van der Waals surface area contributed by atoms with Gasteiger partial charge in [-0.3, -0.25) is 4.79 Å². The van der Waals surface area contributed by atoms with Crippen LogP contribution in [0, 0.1) is 31.1 Å². The maximum Gasteiger partial charge on any atom is 0.226 e. The minimum absolute atomic E-state index is 0.0697. The number of aromatic nitrogens is 2. The molecule has 6 nitrogen and oxygen atoms in total. The van der Waals surface area contributed by atoms with Crippen LogP contribution in [0.4, 0.5) is 5.69 Å². The van der Waals surface area contributed by atoms with Crippen LogP contribution in [0.5, 0.6) is 5.75 Å². The molecule has 2 rings (SSSR count). The van der Waals surface area contributed by atoms with Gasteiger partial charge in [-0.15, -0.1) is 0 Å². The van der Waals surface area contributed by atoms with Gasteiger partial charge in [0.2, 0.25) is 5.91 Å². The van der Waals surface area contributed by atoms with E-state index in [1.165, 1.54) is 0 Å². The second-order valence-electron chi connectivity index (χ2n) is 7.14. The summed E-state index contributed by atoms with van der Waals surface area (Å²) >= 11 is 0. The number of carbonyl (C=O) groups is 1. The van der Waals surface area contributed by atoms with Gasteiger partial charge in [-0.1, -0.05) is 32.9 Å². The number of rotatable bonds is 8. The van der Waals surface area contributed by atoms with Crippen molar-refractivity contribution in [3.63, 3.8) is 0 Å². The lowest BCUT2D eigenvalue weighted by molar-refractivity contribution is -0.118. The van der Waals surface area contributed by atoms with E-state index in [-0.39, 0.29) is 11.8 Å². The Balaban J connectivity index is 0.00000249. The van der Waals surface area contributed by atoms with Gasteiger partial charge in [0.1, 0.15) is 12.4 Å². The Kier molecular flexibility index (Phi) is 11.0. The SMILES string of the molecule is C/C=C(\C=C/C(C)C#N)n1nc(C)c(COc2ccc(N(C)C(=O)CC)cc2)c1C.CC. The first kappa shape index (κ1) is 26.7. The molecule has 0 radical (unpaired) electrons. The predicted octanol–water partition coefficient (Wildman–Crippen LogP) is 6.05. The summed E-state index contributed by atoms with van der Waals surface area (Å²) in [6, 6.07) is 9.70. The molecule has 0 fully saturated rings. The number of anilines is 1. The van der Waals surface area contributed by atoms with Gasteiger partial charge < -0.3 is 9.64 Å². The molecular formula is C26H36N4O2. The molecule has 0 bridgehead atoms. The molecule has 1 atom stereocenters. The van der Waals surface area contributed by atoms with E-state index < -0.39 is 0 Å². The van der Waals surface area contributed by atoms with Crippen LogP contribution in [0.1, 0.15) is 58.0 Å². The van der Waals surface area contributed by atoms with E-state index in [0.29, 0.717) is 13.0 Å². The van der Waals surface area contributed by atoms with E-state index in [9.17, 15) is 4.79 Å². The molecule has 6 heteroatoms. The lowest BCUT2D eigenvalue weighted by Crippen LogP contribution is -2.24. The van der Waals surface area contributed by atoms with Crippen molar-refractivity contribution in [2.75, 3.05) is 11.9 Å². The van der Waals surface area contributed by atoms with Crippen LogP contribution < -0.4 is 9.64 Å². The van der Waals surface area contributed by atoms with Gasteiger partial charge >= 0.3 is 0 Å². The summed E-state index contributed by atoms with van der Waals surface area (Å²) in [5, 5.41) is 13.6. The van der Waals surface area contributed by atoms with Crippen LogP contribution in [-0.2, 0) is 11.4 Å². The highest BCUT2D eigenvalue weighted by Gasteiger charge is 2.14. The topological polar surface area (TPSA) is 71.2 Å². The zero-order valence-electron chi connectivity index (χ0n) is 20.6. The minimum Gasteiger partial charge on any atom is -0.489 e. The highest BCUT2D eigenvalue weighted by molar-refractivity contribution is 5.92. The van der Waals surface area contributed by atoms with Crippen molar-refractivity contribution >= 4 is 17.3 Å². The van der Waals surface area contributed by atoms with E-state index in [2.05, 4.69) is 11.2 Å². The normalized spacial score (nSPS) is 12.0. The molecule has 172 valence electrons. The fourth-order valence-corrected chi connectivity index (χ4v) is 3.01. The Hall–Kier alpha value is -3.33. The fourth-order valence-electron chi connectivity index (χ4n) is 3.01. The number of nitriles is 1. The quantitative estimate of drug-likeness (QED) is 0.472. The van der Waals surface area contributed by atoms with Crippen LogP contribution in [0.2, 0.25) is 0 Å². The Morgan fingerprint density at radius 3 is 2.44 bits per heavy atom. The van der Waals surface area contributed by atoms with Crippen LogP contribution in [0.25, 0.3) is 5.70 Å². The Bertz CT molecular complexity index is 978. The molecule has 32 heavy (non-hydrogen) atoms. The number of carbonyl (C=O) groups excluding carboxylic acids is 1. The molecule has 1 aromatic carbocycles. The average molecular weight is 437 g/mol. The van der Waals surface area contributed by atoms with Gasteiger partial charge in [0, 0.05) is 30.4 Å². The van der Waals surface area contributed by atoms with Gasteiger partial charge in [0.15, 0.2) is 0 Å². The number of aryl methyl sites for hydroxylation is 1. The van der Waals surface area contributed by atoms with Crippen molar-refractivity contribution in [1.82, 2.24) is 9.78 Å². The molecule has 0 saturated heterocycles. The first-order valence-electron chi connectivity index (χ1n) is 11.1. The van der Waals surface area contributed by atoms with Crippen molar-refractivity contribution in [3.05, 3.63) is 59.4 Å². The number of hydrogen-bond acceptors (Lipinski definition) is 4. The first-order valence-corrected chi connectivity index (χ1v) is 11.1. The minimum atomic E-state index is -0.158. The van der Waals surface area contributed by atoms with Gasteiger partial charge in [0.25, 0.3) is 0 Å². The third kappa shape index (κ3) is 6.84. The summed E-state index contributed by atoms with van der Waals surface area (Å²) in [5.41, 5.74) is 4.68. The summed E-state index contributed by atoms with van der Waals surface area (Å²) in [6.45, 7) is 14.0. The predicted molar refractivity (Wildman–Crippen MR) is 131 cm³/mol. The third-order valence-electron chi connectivity index (χ3n) is 5.02. The van der Waals surface area contributed by atoms with Crippen molar-refractivity contribution in [2.45, 2.75) is 61.5 Å². The van der Waals surface area contributed by atoms with Crippen molar-refractivity contribution in [1.29, 1.82) is 5.26 Å². The number of benzene rings is 1. The summed E-state index contributed by atoms with van der Waals surface area (Å²) in [7, 11) is 1.77. The monoisotopic (exact) mass is 436 g/mol. The molecule has 0 N–H and O–H groups in total. The maximum atomic E-state index is 11.8. The van der Waals surface area contributed by atoms with Crippen LogP contribution >= 0.6 is 0 Å². The molecular weight excluding hydrogens is 400 g/mol. The maximum absolute atomic E-state index is 11.8. The number of amides is 1. The van der Waals surface area contributed by atoms with Gasteiger partial charge in [0.05, 0.1) is 23.4 Å². The lowest BCUT2D eigenvalue weighted by Gasteiger charge is -2.17. The Morgan fingerprint density at radius 1 is 1.28 bits per heavy atom. The molecule has 2 aromatic rings. The lowest BCUT2D eigenvalue weighted by atomic mass is 10.2. The average Bonchev–Trinajstić information content (AvgIpc) is 3.11. The molecule has 1 amide bonds. The van der Waals surface area contributed by atoms with Gasteiger partial charge in [-0.2, -0.15) is 10.4 Å². The van der Waals surface area contributed by atoms with Crippen LogP contribution in [-0.4, -0.2) is 22.7 Å². The van der Waals surface area contributed by atoms with E-state index in [1.54, 1.807) is 11.9 Å². The molecule has 0 aliphatic rings. The van der Waals surface area contributed by atoms with Crippen LogP contribution in [0.15, 0.2) is 42.5 Å². The summed E-state index contributed by atoms with van der Waals surface area (Å²) in [5.74, 6) is 0.645. The number of ether oxygens (including phenoxy) is 1. The Labute approximate surface area is 192 Å². The summed E-state index contributed by atoms with van der Waals surface area (Å²) in [4.78, 5) is 13.5. The first-order chi connectivity index (χ1) is 15.3. The fraction of sp³-hybridized carbons (Fsp3) is 0.423. The largest absolute Gasteiger partial charge is 0.489 e. The van der Waals surface area contributed by atoms with Gasteiger partial charge in [-0.25, -0.2) is 4.68 Å². The Morgan fingerprint density at radius 2 is 1.91 bits per heavy atom. The summed E-state index contributed by atoms with van der Waals surface area (Å²) in [6.07, 6.45) is 6.22. The highest BCUT2D eigenvalue weighted by atomic mass is 16.5. The molecule has 0 spiro atoms. The zero-order chi connectivity index (χ0) is 24.3. The van der Waals surface area contributed by atoms with Gasteiger partial charge in [-0.05, 0) is 58.0 Å². The highest BCUT2D eigenvalue weighted by Crippen LogP contribution is 2.23. The van der Waals surface area contributed by atoms with Crippen LogP contribution in [0.3, 0.4) is 0 Å². The van der Waals surface area contributed by atoms with E-state index in [1.807, 2.05) is 95.6 Å². The van der Waals surface area contributed by atoms with E-state index in [4.69, 9.17) is 10.00 Å². The van der Waals surface area contributed by atoms with E-state index in [0.717, 1.165) is 34.1 Å². The standard InChI is InChI=1S/C24H30N4O2.C2H6/c1-7-20(10-9-17(3)15-25)28-19(5)23(18(4)26-28)16-30-22-13-11-21(12-14-22)27(6)24(29)8-2;1-2/h7,9-14,17H,8,16H2,1-6H3;1-2H3/b10-9-,20-7+;. The van der Waals surface area contributed by atoms with Crippen molar-refractivity contribution < 1.29 is 9.53 Å². The molecule has 0 aliphatic heterocycles. The second-order valence-corrected chi connectivity index (χ2v) is 7.14. The summed E-state index contributed by atoms with van der Waals surface area (Å²) < 4.78 is 7.86. The number of allylic oxidation sites excluding steroid dienone is 4. The van der Waals surface area contributed by atoms with E-state index >= 15 is 0 Å². The number of nitrogens with zero attached hydrogens (tertiary/aromatic N) is 4. The zero-order valence-corrected chi connectivity index (χ0v) is 20.6. The second kappa shape index (κ2) is 13.2. The number of hydrogen-bond donors (Lipinski definition) is 0. The molecule has 1 heterocycles. The third-order valence-corrected chi connectivity index (χ3v) is 5.02. The smallest absolute Gasteiger partial charge is 0.226 e. The molecule has 0 aliphatic carbocycles. The van der Waals surface area contributed by atoms with Crippen molar-refractivity contribution in [2.24, 2.45) is 5.92 Å². The molecule has 0 saturated carbocycles.